The van der Waals surface area contributed by atoms with Crippen molar-refractivity contribution in [1.82, 2.24) is 10.3 Å². The van der Waals surface area contributed by atoms with Gasteiger partial charge >= 0.3 is 6.03 Å². The molecule has 20 heavy (non-hydrogen) atoms. The van der Waals surface area contributed by atoms with Gasteiger partial charge in [-0.15, -0.1) is 0 Å². The lowest BCUT2D eigenvalue weighted by molar-refractivity contribution is 0.252. The number of carbonyl (C=O) groups excluding carboxylic acids is 1. The molecule has 2 amide bonds. The maximum absolute atomic E-state index is 11.6. The van der Waals surface area contributed by atoms with Crippen LogP contribution in [-0.2, 0) is 0 Å². The van der Waals surface area contributed by atoms with Crippen molar-refractivity contribution in [3.63, 3.8) is 0 Å². The van der Waals surface area contributed by atoms with E-state index in [0.717, 1.165) is 5.82 Å². The largest absolute Gasteiger partial charge is 0.368 e. The maximum Gasteiger partial charge on any atom is 0.319 e. The van der Waals surface area contributed by atoms with E-state index in [2.05, 4.69) is 20.9 Å². The van der Waals surface area contributed by atoms with Crippen LogP contribution in [0.5, 0.6) is 0 Å². The zero-order valence-corrected chi connectivity index (χ0v) is 11.5. The van der Waals surface area contributed by atoms with Crippen LogP contribution >= 0.6 is 11.6 Å². The van der Waals surface area contributed by atoms with E-state index in [1.54, 1.807) is 30.5 Å². The van der Waals surface area contributed by atoms with E-state index >= 15 is 0 Å². The summed E-state index contributed by atoms with van der Waals surface area (Å²) in [6.07, 6.45) is 1.71. The van der Waals surface area contributed by atoms with Crippen molar-refractivity contribution in [3.8, 4) is 0 Å². The van der Waals surface area contributed by atoms with Gasteiger partial charge in [-0.1, -0.05) is 17.7 Å². The molecule has 0 aliphatic rings. The molecule has 5 nitrogen and oxygen atoms in total. The van der Waals surface area contributed by atoms with Crippen molar-refractivity contribution in [2.24, 2.45) is 0 Å². The van der Waals surface area contributed by atoms with Gasteiger partial charge in [0.25, 0.3) is 0 Å². The number of nitrogens with one attached hydrogen (secondary N) is 3. The Morgan fingerprint density at radius 1 is 1.10 bits per heavy atom. The third-order valence-electron chi connectivity index (χ3n) is 2.48. The smallest absolute Gasteiger partial charge is 0.319 e. The number of hydrogen-bond acceptors (Lipinski definition) is 3. The number of urea groups is 1. The average molecular weight is 291 g/mol. The summed E-state index contributed by atoms with van der Waals surface area (Å²) in [6, 6.07) is 12.3. The number of aromatic nitrogens is 1. The molecule has 0 aliphatic carbocycles. The minimum atomic E-state index is -0.254. The van der Waals surface area contributed by atoms with Crippen molar-refractivity contribution < 1.29 is 4.79 Å². The van der Waals surface area contributed by atoms with Gasteiger partial charge in [-0.3, -0.25) is 0 Å². The molecule has 3 N–H and O–H groups in total. The Kier molecular flexibility index (Phi) is 5.20. The molecule has 0 saturated carbocycles. The molecule has 1 aromatic heterocycles. The summed E-state index contributed by atoms with van der Waals surface area (Å²) >= 11 is 5.77. The second-order valence-electron chi connectivity index (χ2n) is 4.03. The first-order chi connectivity index (χ1) is 9.74. The van der Waals surface area contributed by atoms with Crippen molar-refractivity contribution in [3.05, 3.63) is 53.7 Å². The lowest BCUT2D eigenvalue weighted by Gasteiger charge is -2.08. The summed E-state index contributed by atoms with van der Waals surface area (Å²) < 4.78 is 0. The summed E-state index contributed by atoms with van der Waals surface area (Å²) in [5.74, 6) is 0.785. The first kappa shape index (κ1) is 14.1. The molecule has 0 spiro atoms. The molecule has 0 fully saturated rings. The zero-order valence-electron chi connectivity index (χ0n) is 10.8. The predicted octanol–water partition coefficient (Wildman–Crippen LogP) is 2.97. The van der Waals surface area contributed by atoms with Crippen LogP contribution in [0, 0.1) is 0 Å². The molecule has 0 radical (unpaired) electrons. The Morgan fingerprint density at radius 3 is 2.60 bits per heavy atom. The highest BCUT2D eigenvalue weighted by Gasteiger charge is 2.00. The van der Waals surface area contributed by atoms with Gasteiger partial charge < -0.3 is 16.0 Å². The quantitative estimate of drug-likeness (QED) is 0.742. The molecular weight excluding hydrogens is 276 g/mol. The highest BCUT2D eigenvalue weighted by Crippen LogP contribution is 2.12. The SMILES string of the molecule is O=C(NCCNc1ccccn1)Nc1ccc(Cl)cc1. The van der Waals surface area contributed by atoms with E-state index in [1.807, 2.05) is 18.2 Å². The van der Waals surface area contributed by atoms with Crippen LogP contribution in [0.1, 0.15) is 0 Å². The molecule has 1 aromatic carbocycles. The molecule has 2 aromatic rings. The third kappa shape index (κ3) is 4.78. The normalized spacial score (nSPS) is 9.85. The summed E-state index contributed by atoms with van der Waals surface area (Å²) in [5.41, 5.74) is 0.699. The summed E-state index contributed by atoms with van der Waals surface area (Å²) in [6.45, 7) is 1.10. The van der Waals surface area contributed by atoms with Crippen LogP contribution in [0.2, 0.25) is 5.02 Å². The van der Waals surface area contributed by atoms with Gasteiger partial charge in [0.15, 0.2) is 0 Å². The fourth-order valence-electron chi connectivity index (χ4n) is 1.54. The second-order valence-corrected chi connectivity index (χ2v) is 4.47. The molecule has 6 heteroatoms. The zero-order chi connectivity index (χ0) is 14.2. The Hall–Kier alpha value is -2.27. The van der Waals surface area contributed by atoms with Crippen molar-refractivity contribution in [2.75, 3.05) is 23.7 Å². The van der Waals surface area contributed by atoms with Crippen LogP contribution < -0.4 is 16.0 Å². The van der Waals surface area contributed by atoms with Crippen LogP contribution in [0.3, 0.4) is 0 Å². The Morgan fingerprint density at radius 2 is 1.90 bits per heavy atom. The number of amides is 2. The Labute approximate surface area is 122 Å². The fourth-order valence-corrected chi connectivity index (χ4v) is 1.67. The standard InChI is InChI=1S/C14H15ClN4O/c15-11-4-6-12(7-5-11)19-14(20)18-10-9-17-13-3-1-2-8-16-13/h1-8H,9-10H2,(H,16,17)(H2,18,19,20). The summed E-state index contributed by atoms with van der Waals surface area (Å²) in [4.78, 5) is 15.7. The third-order valence-corrected chi connectivity index (χ3v) is 2.74. The van der Waals surface area contributed by atoms with E-state index in [1.165, 1.54) is 0 Å². The topological polar surface area (TPSA) is 66.0 Å². The van der Waals surface area contributed by atoms with Gasteiger partial charge in [-0.05, 0) is 36.4 Å². The molecule has 1 heterocycles. The van der Waals surface area contributed by atoms with Gasteiger partial charge in [0.1, 0.15) is 5.82 Å². The number of nitrogens with zero attached hydrogens (tertiary/aromatic N) is 1. The summed E-state index contributed by atoms with van der Waals surface area (Å²) in [5, 5.41) is 9.19. The first-order valence-electron chi connectivity index (χ1n) is 6.19. The van der Waals surface area contributed by atoms with Crippen molar-refractivity contribution in [2.45, 2.75) is 0 Å². The Balaban J connectivity index is 1.66. The Bertz CT molecular complexity index is 545. The minimum absolute atomic E-state index is 0.254. The number of hydrogen-bond donors (Lipinski definition) is 3. The van der Waals surface area contributed by atoms with Crippen LogP contribution in [0.15, 0.2) is 48.7 Å². The molecule has 0 bridgehead atoms. The van der Waals surface area contributed by atoms with Crippen molar-refractivity contribution >= 4 is 29.1 Å². The number of anilines is 2. The molecule has 104 valence electrons. The van der Waals surface area contributed by atoms with Crippen molar-refractivity contribution in [1.29, 1.82) is 0 Å². The molecule has 0 saturated heterocycles. The van der Waals surface area contributed by atoms with Gasteiger partial charge in [-0.2, -0.15) is 0 Å². The minimum Gasteiger partial charge on any atom is -0.368 e. The van der Waals surface area contributed by atoms with Crippen LogP contribution in [-0.4, -0.2) is 24.1 Å². The van der Waals surface area contributed by atoms with E-state index in [-0.39, 0.29) is 6.03 Å². The van der Waals surface area contributed by atoms with Crippen LogP contribution in [0.25, 0.3) is 0 Å². The molecular formula is C14H15ClN4O. The highest BCUT2D eigenvalue weighted by molar-refractivity contribution is 6.30. The van der Waals surface area contributed by atoms with Gasteiger partial charge in [0.05, 0.1) is 0 Å². The molecule has 0 unspecified atom stereocenters. The second kappa shape index (κ2) is 7.35. The average Bonchev–Trinajstić information content (AvgIpc) is 2.47. The van der Waals surface area contributed by atoms with Gasteiger partial charge in [-0.25, -0.2) is 9.78 Å². The fraction of sp³-hybridized carbons (Fsp3) is 0.143. The van der Waals surface area contributed by atoms with E-state index in [4.69, 9.17) is 11.6 Å². The van der Waals surface area contributed by atoms with Gasteiger partial charge in [0, 0.05) is 30.0 Å². The maximum atomic E-state index is 11.6. The highest BCUT2D eigenvalue weighted by atomic mass is 35.5. The predicted molar refractivity (Wildman–Crippen MR) is 81.2 cm³/mol. The van der Waals surface area contributed by atoms with E-state index in [9.17, 15) is 4.79 Å². The lowest BCUT2D eigenvalue weighted by atomic mass is 10.3. The monoisotopic (exact) mass is 290 g/mol. The van der Waals surface area contributed by atoms with E-state index in [0.29, 0.717) is 23.8 Å². The number of halogens is 1. The molecule has 0 atom stereocenters. The van der Waals surface area contributed by atoms with Crippen LogP contribution in [0.4, 0.5) is 16.3 Å². The number of rotatable bonds is 5. The van der Waals surface area contributed by atoms with E-state index < -0.39 is 0 Å². The number of carbonyl (C=O) groups is 1. The summed E-state index contributed by atoms with van der Waals surface area (Å²) in [7, 11) is 0. The first-order valence-corrected chi connectivity index (χ1v) is 6.57. The lowest BCUT2D eigenvalue weighted by Crippen LogP contribution is -2.32. The molecule has 2 rings (SSSR count). The number of benzene rings is 1. The molecule has 0 aliphatic heterocycles. The number of pyridine rings is 1. The van der Waals surface area contributed by atoms with Gasteiger partial charge in [0.2, 0.25) is 0 Å².